The zero-order valence-electron chi connectivity index (χ0n) is 14.7. The molecule has 1 aliphatic heterocycles. The van der Waals surface area contributed by atoms with E-state index in [0.29, 0.717) is 24.4 Å². The first-order valence-electron chi connectivity index (χ1n) is 8.90. The number of carbonyl (C=O) groups excluding carboxylic acids is 2. The van der Waals surface area contributed by atoms with E-state index in [4.69, 9.17) is 0 Å². The van der Waals surface area contributed by atoms with Crippen molar-refractivity contribution in [2.45, 2.75) is 31.3 Å². The van der Waals surface area contributed by atoms with Crippen LogP contribution in [0.4, 0.5) is 13.6 Å². The monoisotopic (exact) mass is 366 g/mol. The molecule has 0 radical (unpaired) electrons. The molecule has 2 atom stereocenters. The minimum absolute atomic E-state index is 0.0864. The topological polar surface area (TPSA) is 73.5 Å². The Morgan fingerprint density at radius 3 is 2.62 bits per heavy atom. The molecule has 1 heterocycles. The van der Waals surface area contributed by atoms with Crippen molar-refractivity contribution in [3.63, 3.8) is 0 Å². The van der Waals surface area contributed by atoms with Gasteiger partial charge in [0.25, 0.3) is 0 Å². The number of amides is 3. The number of urea groups is 1. The van der Waals surface area contributed by atoms with Crippen molar-refractivity contribution in [2.75, 3.05) is 26.7 Å². The molecule has 2 unspecified atom stereocenters. The van der Waals surface area contributed by atoms with Gasteiger partial charge in [0.2, 0.25) is 5.91 Å². The molecule has 3 rings (SSSR count). The molecule has 2 aliphatic rings. The number of hydrogen-bond acceptors (Lipinski definition) is 3. The zero-order valence-corrected chi connectivity index (χ0v) is 14.7. The summed E-state index contributed by atoms with van der Waals surface area (Å²) in [5.74, 6) is -1.43. The summed E-state index contributed by atoms with van der Waals surface area (Å²) in [6.07, 6.45) is 2.98. The van der Waals surface area contributed by atoms with Crippen molar-refractivity contribution >= 4 is 11.9 Å². The molecule has 3 amide bonds. The fourth-order valence-corrected chi connectivity index (χ4v) is 3.30. The van der Waals surface area contributed by atoms with Gasteiger partial charge in [-0.3, -0.25) is 9.69 Å². The van der Waals surface area contributed by atoms with E-state index in [9.17, 15) is 18.4 Å². The zero-order chi connectivity index (χ0) is 18.7. The van der Waals surface area contributed by atoms with Crippen LogP contribution < -0.4 is 16.0 Å². The Balaban J connectivity index is 1.52. The quantitative estimate of drug-likeness (QED) is 0.715. The van der Waals surface area contributed by atoms with Crippen molar-refractivity contribution in [3.05, 3.63) is 35.4 Å². The lowest BCUT2D eigenvalue weighted by Crippen LogP contribution is -2.47. The molecule has 0 bridgehead atoms. The fourth-order valence-electron chi connectivity index (χ4n) is 3.30. The number of likely N-dealkylation sites (tertiary alicyclic amines) is 1. The van der Waals surface area contributed by atoms with Crippen LogP contribution in [0.2, 0.25) is 0 Å². The van der Waals surface area contributed by atoms with Crippen LogP contribution in [0.5, 0.6) is 0 Å². The molecule has 1 aliphatic carbocycles. The number of carbonyl (C=O) groups is 2. The van der Waals surface area contributed by atoms with E-state index >= 15 is 0 Å². The number of nitrogens with one attached hydrogen (secondary N) is 3. The number of halogens is 2. The van der Waals surface area contributed by atoms with Crippen LogP contribution in [0.1, 0.15) is 30.9 Å². The Morgan fingerprint density at radius 2 is 1.92 bits per heavy atom. The molecule has 142 valence electrons. The third-order valence-electron chi connectivity index (χ3n) is 4.94. The van der Waals surface area contributed by atoms with E-state index in [2.05, 4.69) is 16.0 Å². The minimum atomic E-state index is -0.904. The van der Waals surface area contributed by atoms with E-state index < -0.39 is 17.7 Å². The number of hydrogen-bond donors (Lipinski definition) is 3. The molecule has 0 spiro atoms. The molecule has 1 aromatic carbocycles. The molecule has 3 N–H and O–H groups in total. The first-order valence-corrected chi connectivity index (χ1v) is 8.90. The Kier molecular flexibility index (Phi) is 5.70. The minimum Gasteiger partial charge on any atom is -0.354 e. The lowest BCUT2D eigenvalue weighted by atomic mass is 10.00. The second-order valence-corrected chi connectivity index (χ2v) is 7.07. The van der Waals surface area contributed by atoms with Crippen molar-refractivity contribution < 1.29 is 18.4 Å². The normalized spacial score (nSPS) is 22.9. The molecule has 0 aromatic heterocycles. The standard InChI is InChI=1S/C18H24F2N4O2/c1-24-7-6-15(17(24)12-4-5-13(19)14(20)8-12)23-18(26)22-10-16(25)21-9-11-2-3-11/h4-5,8,11,15,17H,2-3,6-7,9-10H2,1H3,(H,21,25)(H2,22,23,26). The number of nitrogens with zero attached hydrogens (tertiary/aromatic N) is 1. The largest absolute Gasteiger partial charge is 0.354 e. The second kappa shape index (κ2) is 7.99. The summed E-state index contributed by atoms with van der Waals surface area (Å²) in [6.45, 7) is 1.29. The van der Waals surface area contributed by atoms with E-state index in [-0.39, 0.29) is 24.5 Å². The van der Waals surface area contributed by atoms with Gasteiger partial charge >= 0.3 is 6.03 Å². The first kappa shape index (κ1) is 18.6. The lowest BCUT2D eigenvalue weighted by Gasteiger charge is -2.26. The Bertz CT molecular complexity index is 681. The molecule has 8 heteroatoms. The third-order valence-corrected chi connectivity index (χ3v) is 4.94. The summed E-state index contributed by atoms with van der Waals surface area (Å²) in [5.41, 5.74) is 0.608. The molecule has 6 nitrogen and oxygen atoms in total. The highest BCUT2D eigenvalue weighted by atomic mass is 19.2. The summed E-state index contributed by atoms with van der Waals surface area (Å²) >= 11 is 0. The Morgan fingerprint density at radius 1 is 1.15 bits per heavy atom. The van der Waals surface area contributed by atoms with Gasteiger partial charge in [-0.15, -0.1) is 0 Å². The Hall–Kier alpha value is -2.22. The molecule has 1 saturated heterocycles. The van der Waals surface area contributed by atoms with Crippen LogP contribution >= 0.6 is 0 Å². The van der Waals surface area contributed by atoms with Crippen molar-refractivity contribution in [2.24, 2.45) is 5.92 Å². The van der Waals surface area contributed by atoms with Crippen molar-refractivity contribution in [3.8, 4) is 0 Å². The summed E-state index contributed by atoms with van der Waals surface area (Å²) in [6, 6.07) is 2.85. The number of benzene rings is 1. The van der Waals surface area contributed by atoms with Gasteiger partial charge in [0, 0.05) is 13.1 Å². The maximum Gasteiger partial charge on any atom is 0.315 e. The van der Waals surface area contributed by atoms with Crippen molar-refractivity contribution in [1.82, 2.24) is 20.9 Å². The number of likely N-dealkylation sites (N-methyl/N-ethyl adjacent to an activating group) is 1. The average molecular weight is 366 g/mol. The van der Waals surface area contributed by atoms with Crippen molar-refractivity contribution in [1.29, 1.82) is 0 Å². The van der Waals surface area contributed by atoms with Crippen LogP contribution in [0.25, 0.3) is 0 Å². The van der Waals surface area contributed by atoms with Crippen LogP contribution in [0, 0.1) is 17.6 Å². The van der Waals surface area contributed by atoms with Gasteiger partial charge in [0.05, 0.1) is 18.6 Å². The van der Waals surface area contributed by atoms with Crippen LogP contribution in [-0.2, 0) is 4.79 Å². The van der Waals surface area contributed by atoms with Gasteiger partial charge < -0.3 is 16.0 Å². The predicted molar refractivity (Wildman–Crippen MR) is 92.4 cm³/mol. The molecule has 1 aromatic rings. The van der Waals surface area contributed by atoms with Gasteiger partial charge in [-0.25, -0.2) is 13.6 Å². The maximum absolute atomic E-state index is 13.6. The van der Waals surface area contributed by atoms with Gasteiger partial charge in [0.15, 0.2) is 11.6 Å². The predicted octanol–water partition coefficient (Wildman–Crippen LogP) is 1.54. The smallest absolute Gasteiger partial charge is 0.315 e. The first-order chi connectivity index (χ1) is 12.4. The van der Waals surface area contributed by atoms with Gasteiger partial charge in [-0.1, -0.05) is 6.07 Å². The third kappa shape index (κ3) is 4.69. The van der Waals surface area contributed by atoms with Crippen LogP contribution in [0.15, 0.2) is 18.2 Å². The number of rotatable bonds is 6. The van der Waals surface area contributed by atoms with Gasteiger partial charge in [0.1, 0.15) is 0 Å². The highest BCUT2D eigenvalue weighted by Crippen LogP contribution is 2.31. The lowest BCUT2D eigenvalue weighted by molar-refractivity contribution is -0.120. The van der Waals surface area contributed by atoms with Crippen LogP contribution in [0.3, 0.4) is 0 Å². The average Bonchev–Trinajstić information content (AvgIpc) is 3.37. The molecular weight excluding hydrogens is 342 g/mol. The maximum atomic E-state index is 13.6. The van der Waals surface area contributed by atoms with E-state index in [1.165, 1.54) is 12.1 Å². The van der Waals surface area contributed by atoms with E-state index in [1.54, 1.807) is 0 Å². The summed E-state index contributed by atoms with van der Waals surface area (Å²) in [5, 5.41) is 8.16. The van der Waals surface area contributed by atoms with Gasteiger partial charge in [-0.05, 0) is 49.9 Å². The Labute approximate surface area is 151 Å². The molecular formula is C18H24F2N4O2. The summed E-state index contributed by atoms with van der Waals surface area (Å²) in [4.78, 5) is 25.8. The van der Waals surface area contributed by atoms with E-state index in [1.807, 2.05) is 11.9 Å². The fraction of sp³-hybridized carbons (Fsp3) is 0.556. The highest BCUT2D eigenvalue weighted by Gasteiger charge is 2.34. The van der Waals surface area contributed by atoms with Gasteiger partial charge in [-0.2, -0.15) is 0 Å². The molecule has 26 heavy (non-hydrogen) atoms. The SMILES string of the molecule is CN1CCC(NC(=O)NCC(=O)NCC2CC2)C1c1ccc(F)c(F)c1. The van der Waals surface area contributed by atoms with E-state index in [0.717, 1.165) is 25.5 Å². The molecule has 2 fully saturated rings. The summed E-state index contributed by atoms with van der Waals surface area (Å²) in [7, 11) is 1.87. The highest BCUT2D eigenvalue weighted by molar-refractivity contribution is 5.84. The second-order valence-electron chi connectivity index (χ2n) is 7.07. The van der Waals surface area contributed by atoms with Crippen LogP contribution in [-0.4, -0.2) is 49.6 Å². The summed E-state index contributed by atoms with van der Waals surface area (Å²) < 4.78 is 26.7. The molecule has 1 saturated carbocycles.